The molecule has 2 aromatic rings. The summed E-state index contributed by atoms with van der Waals surface area (Å²) in [6.07, 6.45) is 0.416. The number of carbonyl (C=O) groups is 2. The van der Waals surface area contributed by atoms with Crippen LogP contribution in [0.5, 0.6) is 0 Å². The van der Waals surface area contributed by atoms with E-state index in [0.717, 1.165) is 5.56 Å². The zero-order chi connectivity index (χ0) is 18.2. The lowest BCUT2D eigenvalue weighted by atomic mass is 9.85. The Morgan fingerprint density at radius 1 is 1.20 bits per heavy atom. The average Bonchev–Trinajstić information content (AvgIpc) is 2.99. The van der Waals surface area contributed by atoms with Gasteiger partial charge < -0.3 is 4.90 Å². The molecule has 1 fully saturated rings. The highest BCUT2D eigenvalue weighted by molar-refractivity contribution is 7.90. The maximum Gasteiger partial charge on any atom is 0.265 e. The molecule has 0 spiro atoms. The highest BCUT2D eigenvalue weighted by atomic mass is 32.2. The normalized spacial score (nSPS) is 20.0. The summed E-state index contributed by atoms with van der Waals surface area (Å²) in [7, 11) is -3.96. The number of hydrogen-bond donors (Lipinski definition) is 1. The first-order valence-corrected chi connectivity index (χ1v) is 10.1. The molecule has 1 aromatic carbocycles. The molecule has 2 heterocycles. The molecule has 1 saturated heterocycles. The molecule has 0 aliphatic carbocycles. The van der Waals surface area contributed by atoms with Gasteiger partial charge in [0.15, 0.2) is 0 Å². The number of rotatable bonds is 4. The van der Waals surface area contributed by atoms with Crippen molar-refractivity contribution in [2.45, 2.75) is 30.7 Å². The van der Waals surface area contributed by atoms with Gasteiger partial charge in [0.2, 0.25) is 0 Å². The van der Waals surface area contributed by atoms with E-state index in [0.29, 0.717) is 17.8 Å². The maximum atomic E-state index is 12.7. The van der Waals surface area contributed by atoms with Gasteiger partial charge >= 0.3 is 0 Å². The van der Waals surface area contributed by atoms with E-state index in [9.17, 15) is 18.0 Å². The molecule has 132 valence electrons. The van der Waals surface area contributed by atoms with Gasteiger partial charge in [-0.05, 0) is 49.4 Å². The number of nitrogens with zero attached hydrogens (tertiary/aromatic N) is 1. The fourth-order valence-electron chi connectivity index (χ4n) is 2.73. The minimum absolute atomic E-state index is 0.0123. The molecule has 2 amide bonds. The van der Waals surface area contributed by atoms with Gasteiger partial charge in [-0.25, -0.2) is 13.1 Å². The molecule has 0 bridgehead atoms. The Morgan fingerprint density at radius 3 is 2.40 bits per heavy atom. The summed E-state index contributed by atoms with van der Waals surface area (Å²) in [6, 6.07) is 9.53. The standard InChI is InChI=1S/C17H18N2O4S2/c1-12-8-11-24-14(12)15(20)19-10-9-17(19,2)16(21)18-25(22,23)13-6-4-3-5-7-13/h3-8,11H,9-10H2,1-2H3,(H,18,21). The van der Waals surface area contributed by atoms with Crippen LogP contribution in [0.15, 0.2) is 46.7 Å². The summed E-state index contributed by atoms with van der Waals surface area (Å²) in [4.78, 5) is 27.3. The molecule has 0 saturated carbocycles. The monoisotopic (exact) mass is 378 g/mol. The second-order valence-corrected chi connectivity index (χ2v) is 8.76. The van der Waals surface area contributed by atoms with Gasteiger partial charge in [-0.2, -0.15) is 0 Å². The number of nitrogens with one attached hydrogen (secondary N) is 1. The Balaban J connectivity index is 1.80. The summed E-state index contributed by atoms with van der Waals surface area (Å²) in [6.45, 7) is 3.85. The highest BCUT2D eigenvalue weighted by Crippen LogP contribution is 2.34. The first kappa shape index (κ1) is 17.6. The Labute approximate surface area is 150 Å². The van der Waals surface area contributed by atoms with E-state index in [1.807, 2.05) is 18.4 Å². The molecule has 1 aromatic heterocycles. The van der Waals surface area contributed by atoms with Crippen LogP contribution in [0.3, 0.4) is 0 Å². The van der Waals surface area contributed by atoms with Gasteiger partial charge in [-0.15, -0.1) is 11.3 Å². The fourth-order valence-corrected chi connectivity index (χ4v) is 4.70. The maximum absolute atomic E-state index is 12.7. The first-order valence-electron chi connectivity index (χ1n) is 7.74. The van der Waals surface area contributed by atoms with Crippen LogP contribution in [0, 0.1) is 6.92 Å². The van der Waals surface area contributed by atoms with Crippen molar-refractivity contribution in [3.63, 3.8) is 0 Å². The quantitative estimate of drug-likeness (QED) is 0.884. The fraction of sp³-hybridized carbons (Fsp3) is 0.294. The Hall–Kier alpha value is -2.19. The van der Waals surface area contributed by atoms with Crippen LogP contribution in [0.2, 0.25) is 0 Å². The smallest absolute Gasteiger partial charge is 0.265 e. The molecule has 25 heavy (non-hydrogen) atoms. The van der Waals surface area contributed by atoms with Crippen molar-refractivity contribution in [1.82, 2.24) is 9.62 Å². The van der Waals surface area contributed by atoms with Crippen LogP contribution >= 0.6 is 11.3 Å². The van der Waals surface area contributed by atoms with Crippen molar-refractivity contribution in [3.05, 3.63) is 52.2 Å². The second kappa shape index (κ2) is 6.27. The number of hydrogen-bond acceptors (Lipinski definition) is 5. The second-order valence-electron chi connectivity index (χ2n) is 6.16. The predicted molar refractivity (Wildman–Crippen MR) is 94.9 cm³/mol. The Kier molecular flexibility index (Phi) is 4.42. The summed E-state index contributed by atoms with van der Waals surface area (Å²) >= 11 is 1.32. The van der Waals surface area contributed by atoms with Crippen molar-refractivity contribution in [1.29, 1.82) is 0 Å². The van der Waals surface area contributed by atoms with Crippen molar-refractivity contribution in [2.24, 2.45) is 0 Å². The zero-order valence-electron chi connectivity index (χ0n) is 13.9. The van der Waals surface area contributed by atoms with Gasteiger partial charge in [-0.3, -0.25) is 9.59 Å². The lowest BCUT2D eigenvalue weighted by Crippen LogP contribution is -2.67. The van der Waals surface area contributed by atoms with E-state index in [1.165, 1.54) is 28.4 Å². The first-order chi connectivity index (χ1) is 11.8. The van der Waals surface area contributed by atoms with E-state index in [2.05, 4.69) is 4.72 Å². The van der Waals surface area contributed by atoms with E-state index in [-0.39, 0.29) is 10.8 Å². The minimum atomic E-state index is -3.96. The molecule has 8 heteroatoms. The average molecular weight is 378 g/mol. The molecular weight excluding hydrogens is 360 g/mol. The van der Waals surface area contributed by atoms with E-state index in [1.54, 1.807) is 25.1 Å². The van der Waals surface area contributed by atoms with Crippen LogP contribution in [0.25, 0.3) is 0 Å². The van der Waals surface area contributed by atoms with Crippen molar-refractivity contribution in [2.75, 3.05) is 6.54 Å². The third-order valence-corrected chi connectivity index (χ3v) is 6.84. The third-order valence-electron chi connectivity index (χ3n) is 4.49. The molecule has 3 rings (SSSR count). The number of amides is 2. The number of thiophene rings is 1. The van der Waals surface area contributed by atoms with Crippen LogP contribution in [0.4, 0.5) is 0 Å². The lowest BCUT2D eigenvalue weighted by molar-refractivity contribution is -0.135. The molecule has 6 nitrogen and oxygen atoms in total. The summed E-state index contributed by atoms with van der Waals surface area (Å²) in [5.41, 5.74) is -0.323. The largest absolute Gasteiger partial charge is 0.323 e. The van der Waals surface area contributed by atoms with Crippen LogP contribution in [0.1, 0.15) is 28.6 Å². The molecule has 1 aliphatic rings. The van der Waals surface area contributed by atoms with Crippen LogP contribution < -0.4 is 4.72 Å². The van der Waals surface area contributed by atoms with Crippen LogP contribution in [-0.4, -0.2) is 37.2 Å². The number of aryl methyl sites for hydroxylation is 1. The topological polar surface area (TPSA) is 83.6 Å². The van der Waals surface area contributed by atoms with Crippen molar-refractivity contribution < 1.29 is 18.0 Å². The number of carbonyl (C=O) groups excluding carboxylic acids is 2. The SMILES string of the molecule is Cc1ccsc1C(=O)N1CCC1(C)C(=O)NS(=O)(=O)c1ccccc1. The summed E-state index contributed by atoms with van der Waals surface area (Å²) in [5, 5.41) is 1.82. The van der Waals surface area contributed by atoms with Gasteiger partial charge in [0.25, 0.3) is 21.8 Å². The van der Waals surface area contributed by atoms with Gasteiger partial charge in [0, 0.05) is 6.54 Å². The number of benzene rings is 1. The molecule has 1 N–H and O–H groups in total. The number of sulfonamides is 1. The van der Waals surface area contributed by atoms with Crippen molar-refractivity contribution >= 4 is 33.2 Å². The zero-order valence-corrected chi connectivity index (χ0v) is 15.5. The van der Waals surface area contributed by atoms with E-state index < -0.39 is 21.5 Å². The Morgan fingerprint density at radius 2 is 1.88 bits per heavy atom. The lowest BCUT2D eigenvalue weighted by Gasteiger charge is -2.48. The summed E-state index contributed by atoms with van der Waals surface area (Å²) in [5.74, 6) is -0.932. The van der Waals surface area contributed by atoms with Crippen LogP contribution in [-0.2, 0) is 14.8 Å². The van der Waals surface area contributed by atoms with Gasteiger partial charge in [0.1, 0.15) is 5.54 Å². The third kappa shape index (κ3) is 3.07. The predicted octanol–water partition coefficient (Wildman–Crippen LogP) is 2.17. The minimum Gasteiger partial charge on any atom is -0.323 e. The molecular formula is C17H18N2O4S2. The van der Waals surface area contributed by atoms with Gasteiger partial charge in [0.05, 0.1) is 9.77 Å². The van der Waals surface area contributed by atoms with E-state index in [4.69, 9.17) is 0 Å². The molecule has 0 radical (unpaired) electrons. The molecule has 1 aliphatic heterocycles. The van der Waals surface area contributed by atoms with Gasteiger partial charge in [-0.1, -0.05) is 18.2 Å². The summed E-state index contributed by atoms with van der Waals surface area (Å²) < 4.78 is 26.8. The number of likely N-dealkylation sites (tertiary alicyclic amines) is 1. The molecule has 1 unspecified atom stereocenters. The van der Waals surface area contributed by atoms with E-state index >= 15 is 0 Å². The van der Waals surface area contributed by atoms with Crippen molar-refractivity contribution in [3.8, 4) is 0 Å². The highest BCUT2D eigenvalue weighted by Gasteiger charge is 2.51. The molecule has 1 atom stereocenters. The Bertz CT molecular complexity index is 921.